The third-order valence-corrected chi connectivity index (χ3v) is 8.71. The van der Waals surface area contributed by atoms with E-state index < -0.39 is 20.0 Å². The summed E-state index contributed by atoms with van der Waals surface area (Å²) in [5, 5.41) is 0. The minimum atomic E-state index is -3.74. The Morgan fingerprint density at radius 1 is 0.441 bits per heavy atom. The smallest absolute Gasteiger partial charge is 0.261 e. The molecule has 4 rings (SSSR count). The van der Waals surface area contributed by atoms with E-state index >= 15 is 0 Å². The molecule has 10 heteroatoms. The normalized spacial score (nSPS) is 11.7. The van der Waals surface area contributed by atoms with Crippen LogP contribution in [0.2, 0.25) is 0 Å². The monoisotopic (exact) mass is 620 g/mol. The second kappa shape index (κ2) is 9.91. The third kappa shape index (κ3) is 5.87. The molecule has 0 spiro atoms. The Hall–Kier alpha value is -2.66. The molecule has 2 N–H and O–H groups in total. The zero-order chi connectivity index (χ0) is 24.3. The number of halogens is 2. The molecule has 0 saturated carbocycles. The molecule has 0 unspecified atom stereocenters. The van der Waals surface area contributed by atoms with Crippen LogP contribution in [0, 0.1) is 0 Å². The van der Waals surface area contributed by atoms with Gasteiger partial charge in [-0.05, 0) is 83.9 Å². The van der Waals surface area contributed by atoms with E-state index in [-0.39, 0.29) is 9.79 Å². The first-order valence-corrected chi connectivity index (χ1v) is 14.4. The SMILES string of the molecule is O=S(=O)(Nc1ccc(Br)cc1)c1ccc(-c2ccc(S(=O)(=O)Nc3ccc(Br)cc3)cc2)cc1. The fourth-order valence-electron chi connectivity index (χ4n) is 3.12. The summed E-state index contributed by atoms with van der Waals surface area (Å²) in [5.74, 6) is 0. The van der Waals surface area contributed by atoms with Gasteiger partial charge in [0.25, 0.3) is 20.0 Å². The molecule has 34 heavy (non-hydrogen) atoms. The molecule has 0 aliphatic heterocycles. The molecule has 0 amide bonds. The second-order valence-corrected chi connectivity index (χ2v) is 12.5. The zero-order valence-electron chi connectivity index (χ0n) is 17.4. The van der Waals surface area contributed by atoms with Gasteiger partial charge in [-0.15, -0.1) is 0 Å². The van der Waals surface area contributed by atoms with Crippen molar-refractivity contribution >= 4 is 63.3 Å². The Balaban J connectivity index is 1.49. The van der Waals surface area contributed by atoms with Crippen LogP contribution < -0.4 is 9.44 Å². The first kappa shape index (κ1) is 24.5. The molecule has 0 radical (unpaired) electrons. The van der Waals surface area contributed by atoms with E-state index in [4.69, 9.17) is 0 Å². The van der Waals surface area contributed by atoms with Crippen LogP contribution in [0.4, 0.5) is 11.4 Å². The molecule has 0 aliphatic rings. The summed E-state index contributed by atoms with van der Waals surface area (Å²) < 4.78 is 57.4. The lowest BCUT2D eigenvalue weighted by Crippen LogP contribution is -2.13. The highest BCUT2D eigenvalue weighted by Gasteiger charge is 2.16. The fourth-order valence-corrected chi connectivity index (χ4v) is 5.76. The van der Waals surface area contributed by atoms with E-state index in [1.807, 2.05) is 0 Å². The van der Waals surface area contributed by atoms with Gasteiger partial charge < -0.3 is 0 Å². The molecule has 6 nitrogen and oxygen atoms in total. The van der Waals surface area contributed by atoms with Crippen LogP contribution in [-0.4, -0.2) is 16.8 Å². The van der Waals surface area contributed by atoms with E-state index in [2.05, 4.69) is 41.3 Å². The summed E-state index contributed by atoms with van der Waals surface area (Å²) in [6, 6.07) is 26.4. The van der Waals surface area contributed by atoms with Crippen molar-refractivity contribution in [1.29, 1.82) is 0 Å². The van der Waals surface area contributed by atoms with Crippen LogP contribution in [0.3, 0.4) is 0 Å². The van der Waals surface area contributed by atoms with Gasteiger partial charge in [0.1, 0.15) is 0 Å². The van der Waals surface area contributed by atoms with E-state index in [1.54, 1.807) is 72.8 Å². The van der Waals surface area contributed by atoms with Crippen molar-refractivity contribution < 1.29 is 16.8 Å². The number of sulfonamides is 2. The maximum atomic E-state index is 12.7. The highest BCUT2D eigenvalue weighted by molar-refractivity contribution is 9.10. The Labute approximate surface area is 215 Å². The molecule has 0 saturated heterocycles. The molecule has 0 atom stereocenters. The van der Waals surface area contributed by atoms with E-state index in [9.17, 15) is 16.8 Å². The molecule has 174 valence electrons. The van der Waals surface area contributed by atoms with Crippen LogP contribution >= 0.6 is 31.9 Å². The lowest BCUT2D eigenvalue weighted by molar-refractivity contribution is 0.599. The van der Waals surface area contributed by atoms with Gasteiger partial charge in [0.15, 0.2) is 0 Å². The van der Waals surface area contributed by atoms with Crippen LogP contribution in [0.5, 0.6) is 0 Å². The van der Waals surface area contributed by atoms with Gasteiger partial charge in [-0.3, -0.25) is 9.44 Å². The average Bonchev–Trinajstić information content (AvgIpc) is 2.82. The third-order valence-electron chi connectivity index (χ3n) is 4.86. The lowest BCUT2D eigenvalue weighted by atomic mass is 10.1. The number of hydrogen-bond donors (Lipinski definition) is 2. The van der Waals surface area contributed by atoms with E-state index in [0.717, 1.165) is 20.1 Å². The first-order chi connectivity index (χ1) is 16.1. The number of nitrogens with one attached hydrogen (secondary N) is 2. The highest BCUT2D eigenvalue weighted by Crippen LogP contribution is 2.25. The minimum absolute atomic E-state index is 0.122. The maximum Gasteiger partial charge on any atom is 0.261 e. The number of hydrogen-bond acceptors (Lipinski definition) is 4. The first-order valence-electron chi connectivity index (χ1n) is 9.90. The van der Waals surface area contributed by atoms with Gasteiger partial charge in [-0.2, -0.15) is 0 Å². The van der Waals surface area contributed by atoms with Gasteiger partial charge in [0.2, 0.25) is 0 Å². The van der Waals surface area contributed by atoms with Crippen molar-refractivity contribution in [3.05, 3.63) is 106 Å². The van der Waals surface area contributed by atoms with Crippen molar-refractivity contribution in [2.24, 2.45) is 0 Å². The van der Waals surface area contributed by atoms with E-state index in [0.29, 0.717) is 11.4 Å². The number of benzene rings is 4. The molecular weight excluding hydrogens is 604 g/mol. The summed E-state index contributed by atoms with van der Waals surface area (Å²) in [7, 11) is -7.48. The van der Waals surface area contributed by atoms with E-state index in [1.165, 1.54) is 24.3 Å². The summed E-state index contributed by atoms with van der Waals surface area (Å²) in [5.41, 5.74) is 2.43. The minimum Gasteiger partial charge on any atom is -0.280 e. The lowest BCUT2D eigenvalue weighted by Gasteiger charge is -2.10. The molecule has 0 fully saturated rings. The van der Waals surface area contributed by atoms with Crippen molar-refractivity contribution in [2.45, 2.75) is 9.79 Å². The fraction of sp³-hybridized carbons (Fsp3) is 0. The predicted octanol–water partition coefficient (Wildman–Crippen LogP) is 6.48. The standard InChI is InChI=1S/C24H18Br2N2O4S2/c25-19-5-9-21(10-6-19)27-33(29,30)23-13-1-17(2-14-23)18-3-15-24(16-4-18)34(31,32)28-22-11-7-20(26)8-12-22/h1-16,27-28H. The summed E-state index contributed by atoms with van der Waals surface area (Å²) in [4.78, 5) is 0.245. The zero-order valence-corrected chi connectivity index (χ0v) is 22.2. The summed E-state index contributed by atoms with van der Waals surface area (Å²) in [6.45, 7) is 0. The largest absolute Gasteiger partial charge is 0.280 e. The predicted molar refractivity (Wildman–Crippen MR) is 142 cm³/mol. The van der Waals surface area contributed by atoms with Crippen LogP contribution in [0.1, 0.15) is 0 Å². The van der Waals surface area contributed by atoms with Crippen molar-refractivity contribution in [3.8, 4) is 11.1 Å². The molecule has 0 aliphatic carbocycles. The Morgan fingerprint density at radius 2 is 0.735 bits per heavy atom. The van der Waals surface area contributed by atoms with Crippen LogP contribution in [0.15, 0.2) is 116 Å². The molecule has 4 aromatic rings. The topological polar surface area (TPSA) is 92.3 Å². The second-order valence-electron chi connectivity index (χ2n) is 7.27. The van der Waals surface area contributed by atoms with Crippen molar-refractivity contribution in [3.63, 3.8) is 0 Å². The molecule has 0 bridgehead atoms. The summed E-state index contributed by atoms with van der Waals surface area (Å²) >= 11 is 6.63. The van der Waals surface area contributed by atoms with Gasteiger partial charge >= 0.3 is 0 Å². The summed E-state index contributed by atoms with van der Waals surface area (Å²) in [6.07, 6.45) is 0. The Kier molecular flexibility index (Phi) is 7.13. The number of rotatable bonds is 7. The average molecular weight is 622 g/mol. The molecular formula is C24H18Br2N2O4S2. The van der Waals surface area contributed by atoms with Crippen molar-refractivity contribution in [1.82, 2.24) is 0 Å². The van der Waals surface area contributed by atoms with Gasteiger partial charge in [-0.25, -0.2) is 16.8 Å². The van der Waals surface area contributed by atoms with Gasteiger partial charge in [-0.1, -0.05) is 56.1 Å². The molecule has 4 aromatic carbocycles. The van der Waals surface area contributed by atoms with Crippen molar-refractivity contribution in [2.75, 3.05) is 9.44 Å². The van der Waals surface area contributed by atoms with Gasteiger partial charge in [0, 0.05) is 20.3 Å². The van der Waals surface area contributed by atoms with Crippen LogP contribution in [-0.2, 0) is 20.0 Å². The molecule has 0 aromatic heterocycles. The Bertz CT molecular complexity index is 1390. The number of anilines is 2. The quantitative estimate of drug-likeness (QED) is 0.247. The van der Waals surface area contributed by atoms with Gasteiger partial charge in [0.05, 0.1) is 9.79 Å². The maximum absolute atomic E-state index is 12.7. The van der Waals surface area contributed by atoms with Crippen LogP contribution in [0.25, 0.3) is 11.1 Å². The highest BCUT2D eigenvalue weighted by atomic mass is 79.9. The molecule has 0 heterocycles. The Morgan fingerprint density at radius 3 is 1.03 bits per heavy atom.